The molecule has 0 radical (unpaired) electrons. The zero-order chi connectivity index (χ0) is 17.1. The predicted molar refractivity (Wildman–Crippen MR) is 95.5 cm³/mol. The second kappa shape index (κ2) is 5.72. The van der Waals surface area contributed by atoms with Gasteiger partial charge in [-0.25, -0.2) is 0 Å². The summed E-state index contributed by atoms with van der Waals surface area (Å²) in [7, 11) is 1.86. The number of methoxy groups -OCH3 is 1. The van der Waals surface area contributed by atoms with E-state index >= 15 is 0 Å². The van der Waals surface area contributed by atoms with Gasteiger partial charge in [0.15, 0.2) is 0 Å². The average Bonchev–Trinajstić information content (AvgIpc) is 2.86. The number of hydrogen-bond donors (Lipinski definition) is 1. The van der Waals surface area contributed by atoms with Crippen LogP contribution in [0.4, 0.5) is 0 Å². The molecule has 136 valence electrons. The summed E-state index contributed by atoms with van der Waals surface area (Å²) in [5.41, 5.74) is 0.806. The zero-order valence-electron chi connectivity index (χ0n) is 15.9. The maximum absolute atomic E-state index is 12.2. The van der Waals surface area contributed by atoms with Gasteiger partial charge in [-0.05, 0) is 79.4 Å². The van der Waals surface area contributed by atoms with E-state index in [1.54, 1.807) is 0 Å². The van der Waals surface area contributed by atoms with Crippen LogP contribution in [0.5, 0.6) is 0 Å². The Morgan fingerprint density at radius 1 is 1.08 bits per heavy atom. The van der Waals surface area contributed by atoms with Gasteiger partial charge in [0.1, 0.15) is 0 Å². The summed E-state index contributed by atoms with van der Waals surface area (Å²) in [6.07, 6.45) is 9.07. The quantitative estimate of drug-likeness (QED) is 0.829. The summed E-state index contributed by atoms with van der Waals surface area (Å²) in [5.74, 6) is 3.78. The molecule has 3 saturated carbocycles. The minimum Gasteiger partial charge on any atom is -0.384 e. The van der Waals surface area contributed by atoms with E-state index in [0.29, 0.717) is 16.9 Å². The highest BCUT2D eigenvalue weighted by Crippen LogP contribution is 2.65. The Morgan fingerprint density at radius 2 is 1.83 bits per heavy atom. The Hall–Kier alpha value is -0.570. The van der Waals surface area contributed by atoms with Gasteiger partial charge >= 0.3 is 0 Å². The molecule has 0 aromatic carbocycles. The fourth-order valence-corrected chi connectivity index (χ4v) is 7.64. The summed E-state index contributed by atoms with van der Waals surface area (Å²) < 4.78 is 5.56. The van der Waals surface area contributed by atoms with E-state index in [9.17, 15) is 4.79 Å². The molecule has 3 nitrogen and oxygen atoms in total. The highest BCUT2D eigenvalue weighted by molar-refractivity contribution is 5.79. The fourth-order valence-electron chi connectivity index (χ4n) is 7.64. The third-order valence-electron chi connectivity index (χ3n) is 8.94. The first-order valence-corrected chi connectivity index (χ1v) is 10.2. The molecule has 0 aromatic rings. The standard InChI is InChI=1S/C21H35NO2/c1-13-11-21(3)17-9-10-20(2)14(12-24-4)5-7-16(20)15(17)6-8-18(21)22-19(13)23/h13-18H,5-12H2,1-4H3,(H,22,23). The first-order chi connectivity index (χ1) is 11.4. The van der Waals surface area contributed by atoms with Crippen LogP contribution in [0.15, 0.2) is 0 Å². The number of fused-ring (bicyclic) bond motifs is 5. The number of hydrogen-bond acceptors (Lipinski definition) is 2. The molecule has 8 unspecified atom stereocenters. The molecular formula is C21H35NO2. The SMILES string of the molecule is COCC1CCC2C3CCC4NC(=O)C(C)CC4(C)C3CCC12C. The second-order valence-electron chi connectivity index (χ2n) is 9.90. The van der Waals surface area contributed by atoms with Crippen molar-refractivity contribution in [1.82, 2.24) is 5.32 Å². The predicted octanol–water partition coefficient (Wildman–Crippen LogP) is 4.02. The molecule has 4 rings (SSSR count). The second-order valence-corrected chi connectivity index (χ2v) is 9.90. The van der Waals surface area contributed by atoms with Gasteiger partial charge in [-0.3, -0.25) is 4.79 Å². The lowest BCUT2D eigenvalue weighted by Gasteiger charge is -2.61. The van der Waals surface area contributed by atoms with Crippen molar-refractivity contribution in [3.05, 3.63) is 0 Å². The van der Waals surface area contributed by atoms with E-state index in [4.69, 9.17) is 4.74 Å². The molecule has 4 fully saturated rings. The molecule has 1 N–H and O–H groups in total. The fraction of sp³-hybridized carbons (Fsp3) is 0.952. The number of carbonyl (C=O) groups excluding carboxylic acids is 1. The van der Waals surface area contributed by atoms with E-state index in [1.165, 1.54) is 38.5 Å². The highest BCUT2D eigenvalue weighted by Gasteiger charge is 2.60. The molecule has 1 aliphatic heterocycles. The number of carbonyl (C=O) groups is 1. The van der Waals surface area contributed by atoms with Gasteiger partial charge in [0, 0.05) is 25.7 Å². The molecule has 0 aromatic heterocycles. The third-order valence-corrected chi connectivity index (χ3v) is 8.94. The van der Waals surface area contributed by atoms with Crippen LogP contribution in [0.1, 0.15) is 65.7 Å². The Bertz CT molecular complexity index is 520. The molecule has 24 heavy (non-hydrogen) atoms. The Labute approximate surface area is 147 Å². The molecule has 1 amide bonds. The van der Waals surface area contributed by atoms with Gasteiger partial charge < -0.3 is 10.1 Å². The number of amides is 1. The molecule has 8 atom stereocenters. The lowest BCUT2D eigenvalue weighted by atomic mass is 9.46. The van der Waals surface area contributed by atoms with Crippen LogP contribution in [0.3, 0.4) is 0 Å². The highest BCUT2D eigenvalue weighted by atomic mass is 16.5. The number of nitrogens with one attached hydrogen (secondary N) is 1. The largest absolute Gasteiger partial charge is 0.384 e. The summed E-state index contributed by atoms with van der Waals surface area (Å²) >= 11 is 0. The maximum Gasteiger partial charge on any atom is 0.223 e. The molecule has 3 aliphatic carbocycles. The van der Waals surface area contributed by atoms with Gasteiger partial charge in [0.25, 0.3) is 0 Å². The number of piperidine rings is 1. The van der Waals surface area contributed by atoms with E-state index in [0.717, 1.165) is 36.7 Å². The van der Waals surface area contributed by atoms with Crippen molar-refractivity contribution in [3.63, 3.8) is 0 Å². The van der Waals surface area contributed by atoms with Gasteiger partial charge in [0.05, 0.1) is 0 Å². The van der Waals surface area contributed by atoms with E-state index in [-0.39, 0.29) is 11.8 Å². The first kappa shape index (κ1) is 16.9. The van der Waals surface area contributed by atoms with Crippen molar-refractivity contribution in [1.29, 1.82) is 0 Å². The van der Waals surface area contributed by atoms with Crippen LogP contribution in [-0.2, 0) is 9.53 Å². The Kier molecular flexibility index (Phi) is 4.02. The van der Waals surface area contributed by atoms with Crippen LogP contribution in [-0.4, -0.2) is 25.7 Å². The Morgan fingerprint density at radius 3 is 2.58 bits per heavy atom. The van der Waals surface area contributed by atoms with Crippen LogP contribution >= 0.6 is 0 Å². The molecule has 3 heteroatoms. The molecule has 4 aliphatic rings. The average molecular weight is 334 g/mol. The molecule has 1 saturated heterocycles. The lowest BCUT2D eigenvalue weighted by Crippen LogP contribution is -2.62. The smallest absolute Gasteiger partial charge is 0.223 e. The van der Waals surface area contributed by atoms with Crippen molar-refractivity contribution < 1.29 is 9.53 Å². The van der Waals surface area contributed by atoms with Crippen LogP contribution in [0, 0.1) is 40.4 Å². The van der Waals surface area contributed by atoms with Crippen molar-refractivity contribution in [3.8, 4) is 0 Å². The molecule has 0 spiro atoms. The molecular weight excluding hydrogens is 298 g/mol. The normalized spacial score (nSPS) is 53.8. The van der Waals surface area contributed by atoms with Crippen molar-refractivity contribution in [2.24, 2.45) is 40.4 Å². The van der Waals surface area contributed by atoms with E-state index < -0.39 is 0 Å². The minimum atomic E-state index is 0.183. The van der Waals surface area contributed by atoms with E-state index in [1.807, 2.05) is 7.11 Å². The zero-order valence-corrected chi connectivity index (χ0v) is 15.9. The topological polar surface area (TPSA) is 38.3 Å². The summed E-state index contributed by atoms with van der Waals surface area (Å²) in [6.45, 7) is 8.12. The van der Waals surface area contributed by atoms with Gasteiger partial charge in [-0.15, -0.1) is 0 Å². The summed E-state index contributed by atoms with van der Waals surface area (Å²) in [6, 6.07) is 0.419. The van der Waals surface area contributed by atoms with E-state index in [2.05, 4.69) is 26.1 Å². The van der Waals surface area contributed by atoms with Crippen LogP contribution in [0.2, 0.25) is 0 Å². The van der Waals surface area contributed by atoms with Crippen molar-refractivity contribution in [2.75, 3.05) is 13.7 Å². The monoisotopic (exact) mass is 333 g/mol. The number of ether oxygens (including phenoxy) is 1. The number of rotatable bonds is 2. The lowest BCUT2D eigenvalue weighted by molar-refractivity contribution is -0.144. The van der Waals surface area contributed by atoms with Crippen molar-refractivity contribution in [2.45, 2.75) is 71.8 Å². The maximum atomic E-state index is 12.2. The third kappa shape index (κ3) is 2.22. The minimum absolute atomic E-state index is 0.183. The van der Waals surface area contributed by atoms with Crippen molar-refractivity contribution >= 4 is 5.91 Å². The van der Waals surface area contributed by atoms with Gasteiger partial charge in [-0.1, -0.05) is 20.8 Å². The van der Waals surface area contributed by atoms with Gasteiger partial charge in [0.2, 0.25) is 5.91 Å². The van der Waals surface area contributed by atoms with Crippen LogP contribution < -0.4 is 5.32 Å². The van der Waals surface area contributed by atoms with Gasteiger partial charge in [-0.2, -0.15) is 0 Å². The summed E-state index contributed by atoms with van der Waals surface area (Å²) in [5, 5.41) is 3.38. The summed E-state index contributed by atoms with van der Waals surface area (Å²) in [4.78, 5) is 12.2. The first-order valence-electron chi connectivity index (χ1n) is 10.2. The Balaban J connectivity index is 1.60. The molecule has 1 heterocycles. The molecule has 0 bridgehead atoms. The van der Waals surface area contributed by atoms with Crippen LogP contribution in [0.25, 0.3) is 0 Å².